The van der Waals surface area contributed by atoms with Crippen molar-refractivity contribution < 1.29 is 19.1 Å². The predicted molar refractivity (Wildman–Crippen MR) is 137 cm³/mol. The zero-order valence-electron chi connectivity index (χ0n) is 18.9. The van der Waals surface area contributed by atoms with Crippen LogP contribution in [0, 0.1) is 0 Å². The Morgan fingerprint density at radius 3 is 2.32 bits per heavy atom. The van der Waals surface area contributed by atoms with Crippen molar-refractivity contribution in [3.63, 3.8) is 0 Å². The maximum atomic E-state index is 12.7. The lowest BCUT2D eigenvalue weighted by atomic mass is 10.1. The Balaban J connectivity index is 1.55. The first-order chi connectivity index (χ1) is 16.5. The van der Waals surface area contributed by atoms with Gasteiger partial charge in [-0.3, -0.25) is 14.9 Å². The number of rotatable bonds is 10. The molecule has 3 N–H and O–H groups in total. The number of thiocarbonyl (C=S) groups is 1. The highest BCUT2D eigenvalue weighted by Crippen LogP contribution is 2.19. The lowest BCUT2D eigenvalue weighted by Crippen LogP contribution is -2.34. The van der Waals surface area contributed by atoms with E-state index in [-0.39, 0.29) is 17.4 Å². The van der Waals surface area contributed by atoms with Crippen LogP contribution in [0.3, 0.4) is 0 Å². The molecule has 0 heterocycles. The van der Waals surface area contributed by atoms with E-state index in [0.29, 0.717) is 42.5 Å². The second-order valence-corrected chi connectivity index (χ2v) is 7.65. The van der Waals surface area contributed by atoms with Crippen LogP contribution in [0.1, 0.15) is 22.8 Å². The van der Waals surface area contributed by atoms with E-state index in [1.165, 1.54) is 0 Å². The maximum Gasteiger partial charge on any atom is 0.261 e. The van der Waals surface area contributed by atoms with Crippen molar-refractivity contribution >= 4 is 40.5 Å². The normalized spacial score (nSPS) is 10.3. The largest absolute Gasteiger partial charge is 0.490 e. The number of carbonyl (C=O) groups is 2. The van der Waals surface area contributed by atoms with Crippen LogP contribution in [0.2, 0.25) is 0 Å². The van der Waals surface area contributed by atoms with Gasteiger partial charge in [-0.15, -0.1) is 0 Å². The summed E-state index contributed by atoms with van der Waals surface area (Å²) in [5.41, 5.74) is 2.54. The van der Waals surface area contributed by atoms with E-state index in [2.05, 4.69) is 16.0 Å². The van der Waals surface area contributed by atoms with Crippen molar-refractivity contribution in [1.29, 1.82) is 0 Å². The van der Waals surface area contributed by atoms with E-state index in [0.717, 1.165) is 5.56 Å². The smallest absolute Gasteiger partial charge is 0.261 e. The Bertz CT molecular complexity index is 1120. The van der Waals surface area contributed by atoms with Gasteiger partial charge >= 0.3 is 0 Å². The number of carbonyl (C=O) groups excluding carboxylic acids is 2. The third kappa shape index (κ3) is 7.99. The number of anilines is 2. The van der Waals surface area contributed by atoms with Crippen LogP contribution in [-0.2, 0) is 16.0 Å². The molecule has 0 aliphatic rings. The molecule has 8 heteroatoms. The van der Waals surface area contributed by atoms with Gasteiger partial charge in [0.05, 0.1) is 18.6 Å². The molecule has 0 aliphatic heterocycles. The Labute approximate surface area is 204 Å². The molecule has 0 saturated heterocycles. The van der Waals surface area contributed by atoms with Crippen LogP contribution in [0.15, 0.2) is 78.9 Å². The third-order valence-corrected chi connectivity index (χ3v) is 4.86. The molecule has 0 spiro atoms. The first kappa shape index (κ1) is 24.9. The van der Waals surface area contributed by atoms with Crippen LogP contribution in [0.25, 0.3) is 0 Å². The number of nitrogens with one attached hydrogen (secondary N) is 3. The summed E-state index contributed by atoms with van der Waals surface area (Å²) in [6, 6.07) is 23.5. The highest BCUT2D eigenvalue weighted by Gasteiger charge is 2.14. The summed E-state index contributed by atoms with van der Waals surface area (Å²) < 4.78 is 10.9. The molecule has 0 unspecified atom stereocenters. The minimum atomic E-state index is -0.392. The second kappa shape index (κ2) is 13.1. The van der Waals surface area contributed by atoms with E-state index < -0.39 is 5.91 Å². The van der Waals surface area contributed by atoms with Gasteiger partial charge in [-0.25, -0.2) is 0 Å². The topological polar surface area (TPSA) is 88.7 Å². The fraction of sp³-hybridized carbons (Fsp3) is 0.192. The summed E-state index contributed by atoms with van der Waals surface area (Å²) in [5.74, 6) is -0.0670. The number of benzene rings is 3. The molecular formula is C26H27N3O4S. The van der Waals surface area contributed by atoms with Crippen molar-refractivity contribution in [1.82, 2.24) is 5.32 Å². The van der Waals surface area contributed by atoms with Crippen LogP contribution in [0.5, 0.6) is 5.75 Å². The molecule has 3 rings (SSSR count). The van der Waals surface area contributed by atoms with Crippen molar-refractivity contribution in [3.05, 3.63) is 90.0 Å². The summed E-state index contributed by atoms with van der Waals surface area (Å²) >= 11 is 5.30. The first-order valence-electron chi connectivity index (χ1n) is 10.9. The number of hydrogen-bond donors (Lipinski definition) is 3. The van der Waals surface area contributed by atoms with Gasteiger partial charge < -0.3 is 20.1 Å². The molecule has 0 saturated carbocycles. The van der Waals surface area contributed by atoms with E-state index in [4.69, 9.17) is 21.7 Å². The Kier molecular flexibility index (Phi) is 9.57. The van der Waals surface area contributed by atoms with Gasteiger partial charge in [-0.2, -0.15) is 0 Å². The highest BCUT2D eigenvalue weighted by atomic mass is 32.1. The molecule has 34 heavy (non-hydrogen) atoms. The average Bonchev–Trinajstić information content (AvgIpc) is 2.83. The average molecular weight is 478 g/mol. The van der Waals surface area contributed by atoms with E-state index in [1.807, 2.05) is 37.3 Å². The zero-order valence-corrected chi connectivity index (χ0v) is 19.7. The summed E-state index contributed by atoms with van der Waals surface area (Å²) in [5, 5.41) is 8.63. The molecule has 0 radical (unpaired) electrons. The third-order valence-electron chi connectivity index (χ3n) is 4.66. The Morgan fingerprint density at radius 1 is 0.853 bits per heavy atom. The minimum Gasteiger partial charge on any atom is -0.490 e. The highest BCUT2D eigenvalue weighted by molar-refractivity contribution is 7.80. The van der Waals surface area contributed by atoms with Gasteiger partial charge in [0.2, 0.25) is 5.91 Å². The number of ether oxygens (including phenoxy) is 2. The molecule has 0 fully saturated rings. The monoisotopic (exact) mass is 477 g/mol. The Hall–Kier alpha value is -3.75. The fourth-order valence-electron chi connectivity index (χ4n) is 3.13. The van der Waals surface area contributed by atoms with Gasteiger partial charge in [0, 0.05) is 18.0 Å². The Morgan fingerprint density at radius 2 is 1.56 bits per heavy atom. The zero-order chi connectivity index (χ0) is 24.2. The number of hydrogen-bond acceptors (Lipinski definition) is 5. The number of para-hydroxylation sites is 1. The van der Waals surface area contributed by atoms with E-state index in [9.17, 15) is 9.59 Å². The van der Waals surface area contributed by atoms with Crippen molar-refractivity contribution in [3.8, 4) is 5.75 Å². The van der Waals surface area contributed by atoms with Gasteiger partial charge in [0.25, 0.3) is 5.91 Å². The molecule has 0 bridgehead atoms. The first-order valence-corrected chi connectivity index (χ1v) is 11.3. The standard InChI is InChI=1S/C26H27N3O4S/c1-2-32-15-16-33-23-14-7-6-13-22(23)25(31)29-26(34)28-21-12-8-11-20(18-21)27-24(30)17-19-9-4-3-5-10-19/h3-14,18H,2,15-17H2,1H3,(H,27,30)(H2,28,29,31,34). The maximum absolute atomic E-state index is 12.7. The van der Waals surface area contributed by atoms with E-state index in [1.54, 1.807) is 48.5 Å². The van der Waals surface area contributed by atoms with E-state index >= 15 is 0 Å². The molecule has 3 aromatic rings. The molecule has 0 atom stereocenters. The van der Waals surface area contributed by atoms with Crippen molar-refractivity contribution in [2.75, 3.05) is 30.5 Å². The predicted octanol–water partition coefficient (Wildman–Crippen LogP) is 4.41. The van der Waals surface area contributed by atoms with Gasteiger partial charge in [-0.05, 0) is 55.0 Å². The molecule has 176 valence electrons. The SMILES string of the molecule is CCOCCOc1ccccc1C(=O)NC(=S)Nc1cccc(NC(=O)Cc2ccccc2)c1. The van der Waals surface area contributed by atoms with Crippen LogP contribution < -0.4 is 20.7 Å². The lowest BCUT2D eigenvalue weighted by Gasteiger charge is -2.14. The van der Waals surface area contributed by atoms with Crippen LogP contribution >= 0.6 is 12.2 Å². The van der Waals surface area contributed by atoms with Gasteiger partial charge in [-0.1, -0.05) is 48.5 Å². The quantitative estimate of drug-likeness (QED) is 0.296. The molecule has 2 amide bonds. The van der Waals surface area contributed by atoms with Crippen LogP contribution in [-0.4, -0.2) is 36.7 Å². The molecule has 3 aromatic carbocycles. The molecule has 7 nitrogen and oxygen atoms in total. The summed E-state index contributed by atoms with van der Waals surface area (Å²) in [6.07, 6.45) is 0.277. The number of amides is 2. The second-order valence-electron chi connectivity index (χ2n) is 7.24. The van der Waals surface area contributed by atoms with Crippen LogP contribution in [0.4, 0.5) is 11.4 Å². The lowest BCUT2D eigenvalue weighted by molar-refractivity contribution is -0.115. The summed E-state index contributed by atoms with van der Waals surface area (Å²) in [4.78, 5) is 25.1. The molecule has 0 aromatic heterocycles. The summed E-state index contributed by atoms with van der Waals surface area (Å²) in [7, 11) is 0. The molecule has 0 aliphatic carbocycles. The molecular weight excluding hydrogens is 450 g/mol. The van der Waals surface area contributed by atoms with Gasteiger partial charge in [0.1, 0.15) is 12.4 Å². The fourth-order valence-corrected chi connectivity index (χ4v) is 3.34. The summed E-state index contributed by atoms with van der Waals surface area (Å²) in [6.45, 7) is 3.28. The van der Waals surface area contributed by atoms with Crippen molar-refractivity contribution in [2.24, 2.45) is 0 Å². The van der Waals surface area contributed by atoms with Gasteiger partial charge in [0.15, 0.2) is 5.11 Å². The minimum absolute atomic E-state index is 0.125. The van der Waals surface area contributed by atoms with Crippen molar-refractivity contribution in [2.45, 2.75) is 13.3 Å².